The van der Waals surface area contributed by atoms with E-state index in [1.165, 1.54) is 5.56 Å². The SMILES string of the molecule is O=C(NCc1ccccn1)c1ccnc(NCCc2ccccc2)n1. The summed E-state index contributed by atoms with van der Waals surface area (Å²) < 4.78 is 0. The number of hydrogen-bond donors (Lipinski definition) is 2. The first-order valence-electron chi connectivity index (χ1n) is 8.10. The van der Waals surface area contributed by atoms with Crippen LogP contribution in [0.1, 0.15) is 21.7 Å². The fraction of sp³-hybridized carbons (Fsp3) is 0.158. The van der Waals surface area contributed by atoms with Crippen molar-refractivity contribution in [3.8, 4) is 0 Å². The quantitative estimate of drug-likeness (QED) is 0.694. The average molecular weight is 333 g/mol. The van der Waals surface area contributed by atoms with Crippen molar-refractivity contribution in [3.63, 3.8) is 0 Å². The van der Waals surface area contributed by atoms with Gasteiger partial charge in [0.1, 0.15) is 5.69 Å². The molecule has 2 aromatic heterocycles. The van der Waals surface area contributed by atoms with Crippen LogP contribution in [0.3, 0.4) is 0 Å². The van der Waals surface area contributed by atoms with E-state index < -0.39 is 0 Å². The Hall–Kier alpha value is -3.28. The van der Waals surface area contributed by atoms with E-state index in [0.29, 0.717) is 24.7 Å². The van der Waals surface area contributed by atoms with Gasteiger partial charge in [-0.15, -0.1) is 0 Å². The first-order valence-corrected chi connectivity index (χ1v) is 8.10. The second-order valence-electron chi connectivity index (χ2n) is 5.43. The van der Waals surface area contributed by atoms with Crippen LogP contribution >= 0.6 is 0 Å². The van der Waals surface area contributed by atoms with Crippen molar-refractivity contribution in [2.75, 3.05) is 11.9 Å². The number of pyridine rings is 1. The van der Waals surface area contributed by atoms with Crippen molar-refractivity contribution >= 4 is 11.9 Å². The molecule has 3 aromatic rings. The van der Waals surface area contributed by atoms with E-state index in [1.54, 1.807) is 18.5 Å². The van der Waals surface area contributed by atoms with Gasteiger partial charge in [0.2, 0.25) is 5.95 Å². The monoisotopic (exact) mass is 333 g/mol. The van der Waals surface area contributed by atoms with Gasteiger partial charge in [0.05, 0.1) is 12.2 Å². The van der Waals surface area contributed by atoms with E-state index in [-0.39, 0.29) is 5.91 Å². The minimum atomic E-state index is -0.251. The molecule has 0 atom stereocenters. The van der Waals surface area contributed by atoms with E-state index in [4.69, 9.17) is 0 Å². The molecule has 1 aromatic carbocycles. The molecule has 0 aliphatic carbocycles. The largest absolute Gasteiger partial charge is 0.354 e. The Bertz CT molecular complexity index is 808. The van der Waals surface area contributed by atoms with Gasteiger partial charge in [-0.05, 0) is 30.2 Å². The van der Waals surface area contributed by atoms with Gasteiger partial charge in [-0.2, -0.15) is 0 Å². The first kappa shape index (κ1) is 16.6. The number of aromatic nitrogens is 3. The van der Waals surface area contributed by atoms with Crippen molar-refractivity contribution in [2.45, 2.75) is 13.0 Å². The molecule has 126 valence electrons. The van der Waals surface area contributed by atoms with Gasteiger partial charge in [-0.3, -0.25) is 9.78 Å². The van der Waals surface area contributed by atoms with Crippen molar-refractivity contribution < 1.29 is 4.79 Å². The van der Waals surface area contributed by atoms with Crippen LogP contribution in [0.4, 0.5) is 5.95 Å². The molecule has 0 radical (unpaired) electrons. The fourth-order valence-electron chi connectivity index (χ4n) is 2.30. The molecule has 25 heavy (non-hydrogen) atoms. The average Bonchev–Trinajstić information content (AvgIpc) is 2.68. The van der Waals surface area contributed by atoms with E-state index >= 15 is 0 Å². The lowest BCUT2D eigenvalue weighted by Gasteiger charge is -2.07. The Morgan fingerprint density at radius 2 is 1.76 bits per heavy atom. The second kappa shape index (κ2) is 8.54. The molecular weight excluding hydrogens is 314 g/mol. The molecule has 0 saturated heterocycles. The van der Waals surface area contributed by atoms with Gasteiger partial charge in [-0.1, -0.05) is 36.4 Å². The van der Waals surface area contributed by atoms with E-state index in [2.05, 4.69) is 37.7 Å². The highest BCUT2D eigenvalue weighted by Gasteiger charge is 2.08. The molecule has 0 fully saturated rings. The number of hydrogen-bond acceptors (Lipinski definition) is 5. The Balaban J connectivity index is 1.52. The Labute approximate surface area is 146 Å². The maximum absolute atomic E-state index is 12.2. The predicted octanol–water partition coefficient (Wildman–Crippen LogP) is 2.46. The maximum atomic E-state index is 12.2. The zero-order valence-corrected chi connectivity index (χ0v) is 13.7. The normalized spacial score (nSPS) is 10.2. The van der Waals surface area contributed by atoms with Crippen LogP contribution in [0.15, 0.2) is 67.0 Å². The summed E-state index contributed by atoms with van der Waals surface area (Å²) in [6.45, 7) is 1.06. The summed E-state index contributed by atoms with van der Waals surface area (Å²) in [6, 6.07) is 17.3. The molecule has 2 heterocycles. The third-order valence-electron chi connectivity index (χ3n) is 3.58. The highest BCUT2D eigenvalue weighted by molar-refractivity contribution is 5.92. The number of amides is 1. The Kier molecular flexibility index (Phi) is 5.66. The van der Waals surface area contributed by atoms with Crippen LogP contribution in [0.2, 0.25) is 0 Å². The van der Waals surface area contributed by atoms with Gasteiger partial charge in [0.25, 0.3) is 5.91 Å². The van der Waals surface area contributed by atoms with Crippen LogP contribution in [0.25, 0.3) is 0 Å². The van der Waals surface area contributed by atoms with Crippen LogP contribution < -0.4 is 10.6 Å². The topological polar surface area (TPSA) is 79.8 Å². The number of benzene rings is 1. The van der Waals surface area contributed by atoms with Crippen LogP contribution in [-0.4, -0.2) is 27.4 Å². The lowest BCUT2D eigenvalue weighted by atomic mass is 10.1. The summed E-state index contributed by atoms with van der Waals surface area (Å²) in [5.74, 6) is 0.195. The van der Waals surface area contributed by atoms with E-state index in [9.17, 15) is 4.79 Å². The minimum absolute atomic E-state index is 0.251. The van der Waals surface area contributed by atoms with Crippen molar-refractivity contribution in [1.29, 1.82) is 0 Å². The molecule has 0 spiro atoms. The van der Waals surface area contributed by atoms with Crippen LogP contribution in [0, 0.1) is 0 Å². The molecule has 3 rings (SSSR count). The molecule has 0 bridgehead atoms. The molecule has 6 nitrogen and oxygen atoms in total. The highest BCUT2D eigenvalue weighted by atomic mass is 16.1. The van der Waals surface area contributed by atoms with Gasteiger partial charge >= 0.3 is 0 Å². The fourth-order valence-corrected chi connectivity index (χ4v) is 2.30. The summed E-state index contributed by atoms with van der Waals surface area (Å²) in [6.07, 6.45) is 4.13. The lowest BCUT2D eigenvalue weighted by Crippen LogP contribution is -2.24. The zero-order chi connectivity index (χ0) is 17.3. The summed E-state index contributed by atoms with van der Waals surface area (Å²) in [4.78, 5) is 24.8. The van der Waals surface area contributed by atoms with E-state index in [0.717, 1.165) is 12.1 Å². The summed E-state index contributed by atoms with van der Waals surface area (Å²) >= 11 is 0. The van der Waals surface area contributed by atoms with Crippen molar-refractivity contribution in [1.82, 2.24) is 20.3 Å². The van der Waals surface area contributed by atoms with Crippen LogP contribution in [0.5, 0.6) is 0 Å². The summed E-state index contributed by atoms with van der Waals surface area (Å²) in [7, 11) is 0. The van der Waals surface area contributed by atoms with Gasteiger partial charge in [0, 0.05) is 18.9 Å². The van der Waals surface area contributed by atoms with Crippen LogP contribution in [-0.2, 0) is 13.0 Å². The molecule has 0 aliphatic rings. The van der Waals surface area contributed by atoms with Gasteiger partial charge in [0.15, 0.2) is 0 Å². The first-order chi connectivity index (χ1) is 12.3. The number of nitrogens with one attached hydrogen (secondary N) is 2. The van der Waals surface area contributed by atoms with Gasteiger partial charge < -0.3 is 10.6 Å². The lowest BCUT2D eigenvalue weighted by molar-refractivity contribution is 0.0945. The number of nitrogens with zero attached hydrogens (tertiary/aromatic N) is 3. The predicted molar refractivity (Wildman–Crippen MR) is 96.1 cm³/mol. The maximum Gasteiger partial charge on any atom is 0.270 e. The molecule has 0 saturated carbocycles. The van der Waals surface area contributed by atoms with E-state index in [1.807, 2.05) is 36.4 Å². The van der Waals surface area contributed by atoms with Crippen molar-refractivity contribution in [3.05, 3.63) is 83.9 Å². The molecule has 6 heteroatoms. The van der Waals surface area contributed by atoms with Crippen molar-refractivity contribution in [2.24, 2.45) is 0 Å². The Morgan fingerprint density at radius 1 is 0.920 bits per heavy atom. The minimum Gasteiger partial charge on any atom is -0.354 e. The molecular formula is C19H19N5O. The molecule has 0 aliphatic heterocycles. The number of rotatable bonds is 7. The Morgan fingerprint density at radius 3 is 2.56 bits per heavy atom. The number of carbonyl (C=O) groups excluding carboxylic acids is 1. The molecule has 2 N–H and O–H groups in total. The van der Waals surface area contributed by atoms with Gasteiger partial charge in [-0.25, -0.2) is 9.97 Å². The zero-order valence-electron chi connectivity index (χ0n) is 13.7. The number of anilines is 1. The smallest absolute Gasteiger partial charge is 0.270 e. The second-order valence-corrected chi connectivity index (χ2v) is 5.43. The third kappa shape index (κ3) is 5.10. The highest BCUT2D eigenvalue weighted by Crippen LogP contribution is 2.03. The summed E-state index contributed by atoms with van der Waals surface area (Å²) in [5, 5.41) is 5.95. The molecule has 1 amide bonds. The third-order valence-corrected chi connectivity index (χ3v) is 3.58. The standard InChI is InChI=1S/C19H19N5O/c25-18(23-14-16-8-4-5-11-20-16)17-10-13-22-19(24-17)21-12-9-15-6-2-1-3-7-15/h1-8,10-11,13H,9,12,14H2,(H,23,25)(H,21,22,24). The molecule has 0 unspecified atom stereocenters. The number of carbonyl (C=O) groups is 1. The summed E-state index contributed by atoms with van der Waals surface area (Å²) in [5.41, 5.74) is 2.36.